The van der Waals surface area contributed by atoms with Crippen molar-refractivity contribution in [3.8, 4) is 5.75 Å². The molecule has 2 nitrogen and oxygen atoms in total. The van der Waals surface area contributed by atoms with Crippen LogP contribution >= 0.6 is 0 Å². The van der Waals surface area contributed by atoms with Crippen molar-refractivity contribution in [2.45, 2.75) is 27.1 Å². The Kier molecular flexibility index (Phi) is 4.97. The average molecular weight is 207 g/mol. The summed E-state index contributed by atoms with van der Waals surface area (Å²) >= 11 is 0. The maximum Gasteiger partial charge on any atom is 0.573 e. The Bertz CT molecular complexity index is 273. The number of alkyl halides is 3. The number of aryl methyl sites for hydroxylation is 1. The van der Waals surface area contributed by atoms with Gasteiger partial charge in [-0.15, -0.1) is 13.2 Å². The number of hydrogen-bond acceptors (Lipinski definition) is 2. The molecule has 0 radical (unpaired) electrons. The Labute approximate surface area is 80.7 Å². The number of rotatable bonds is 1. The van der Waals surface area contributed by atoms with E-state index in [1.165, 1.54) is 25.4 Å². The van der Waals surface area contributed by atoms with Crippen LogP contribution in [0.25, 0.3) is 0 Å². The molecular weight excluding hydrogens is 195 g/mol. The summed E-state index contributed by atoms with van der Waals surface area (Å²) in [6.45, 7) is 5.49. The Balaban J connectivity index is 0.000000791. The highest BCUT2D eigenvalue weighted by molar-refractivity contribution is 5.28. The van der Waals surface area contributed by atoms with Crippen molar-refractivity contribution in [3.05, 3.63) is 24.0 Å². The fourth-order valence-corrected chi connectivity index (χ4v) is 0.700. The van der Waals surface area contributed by atoms with Crippen molar-refractivity contribution < 1.29 is 17.9 Å². The molecule has 0 aliphatic rings. The molecule has 0 saturated heterocycles. The Hall–Kier alpha value is -1.26. The van der Waals surface area contributed by atoms with Crippen LogP contribution < -0.4 is 4.74 Å². The molecular formula is C9H12F3NO. The SMILES string of the molecule is CC.Cc1cnccc1OC(F)(F)F. The summed E-state index contributed by atoms with van der Waals surface area (Å²) in [5.41, 5.74) is 0.356. The Morgan fingerprint density at radius 2 is 1.86 bits per heavy atom. The highest BCUT2D eigenvalue weighted by atomic mass is 19.4. The molecule has 0 aliphatic carbocycles. The number of pyridine rings is 1. The van der Waals surface area contributed by atoms with Crippen molar-refractivity contribution in [1.29, 1.82) is 0 Å². The van der Waals surface area contributed by atoms with Crippen LogP contribution in [0.4, 0.5) is 13.2 Å². The topological polar surface area (TPSA) is 22.1 Å². The van der Waals surface area contributed by atoms with Gasteiger partial charge in [0, 0.05) is 18.0 Å². The van der Waals surface area contributed by atoms with E-state index >= 15 is 0 Å². The van der Waals surface area contributed by atoms with E-state index in [1.807, 2.05) is 13.8 Å². The third-order valence-electron chi connectivity index (χ3n) is 1.19. The fourth-order valence-electron chi connectivity index (χ4n) is 0.700. The van der Waals surface area contributed by atoms with Gasteiger partial charge in [0.15, 0.2) is 0 Å². The second-order valence-electron chi connectivity index (χ2n) is 2.19. The molecule has 0 atom stereocenters. The normalized spacial score (nSPS) is 10.1. The van der Waals surface area contributed by atoms with Crippen LogP contribution in [0.5, 0.6) is 5.75 Å². The molecule has 0 unspecified atom stereocenters. The highest BCUT2D eigenvalue weighted by Gasteiger charge is 2.31. The first-order chi connectivity index (χ1) is 6.49. The van der Waals surface area contributed by atoms with Crippen LogP contribution in [0, 0.1) is 6.92 Å². The first kappa shape index (κ1) is 12.7. The molecule has 5 heteroatoms. The minimum absolute atomic E-state index is 0.211. The summed E-state index contributed by atoms with van der Waals surface area (Å²) in [7, 11) is 0. The minimum Gasteiger partial charge on any atom is -0.405 e. The zero-order valence-corrected chi connectivity index (χ0v) is 8.22. The summed E-state index contributed by atoms with van der Waals surface area (Å²) in [5.74, 6) is -0.211. The predicted molar refractivity (Wildman–Crippen MR) is 47.0 cm³/mol. The van der Waals surface area contributed by atoms with Crippen molar-refractivity contribution in [3.63, 3.8) is 0 Å². The van der Waals surface area contributed by atoms with Gasteiger partial charge >= 0.3 is 6.36 Å². The quantitative estimate of drug-likeness (QED) is 0.704. The van der Waals surface area contributed by atoms with Crippen molar-refractivity contribution >= 4 is 0 Å². The van der Waals surface area contributed by atoms with Crippen molar-refractivity contribution in [2.75, 3.05) is 0 Å². The van der Waals surface area contributed by atoms with E-state index in [4.69, 9.17) is 0 Å². The zero-order chi connectivity index (χ0) is 11.2. The molecule has 1 aromatic heterocycles. The summed E-state index contributed by atoms with van der Waals surface area (Å²) in [4.78, 5) is 3.63. The molecule has 1 rings (SSSR count). The van der Waals surface area contributed by atoms with E-state index in [1.54, 1.807) is 0 Å². The molecule has 0 aromatic carbocycles. The number of nitrogens with zero attached hydrogens (tertiary/aromatic N) is 1. The molecule has 14 heavy (non-hydrogen) atoms. The molecule has 1 aromatic rings. The monoisotopic (exact) mass is 207 g/mol. The van der Waals surface area contributed by atoms with E-state index < -0.39 is 6.36 Å². The van der Waals surface area contributed by atoms with Gasteiger partial charge in [-0.2, -0.15) is 0 Å². The lowest BCUT2D eigenvalue weighted by atomic mass is 10.3. The fraction of sp³-hybridized carbons (Fsp3) is 0.444. The van der Waals surface area contributed by atoms with Crippen LogP contribution in [-0.4, -0.2) is 11.3 Å². The van der Waals surface area contributed by atoms with E-state index in [2.05, 4.69) is 9.72 Å². The second-order valence-corrected chi connectivity index (χ2v) is 2.19. The average Bonchev–Trinajstić information content (AvgIpc) is 2.10. The van der Waals surface area contributed by atoms with Crippen molar-refractivity contribution in [1.82, 2.24) is 4.98 Å². The summed E-state index contributed by atoms with van der Waals surface area (Å²) < 4.78 is 38.7. The molecule has 0 amide bonds. The number of hydrogen-bond donors (Lipinski definition) is 0. The summed E-state index contributed by atoms with van der Waals surface area (Å²) in [6.07, 6.45) is -2.08. The van der Waals surface area contributed by atoms with Crippen LogP contribution in [-0.2, 0) is 0 Å². The van der Waals surface area contributed by atoms with Crippen LogP contribution in [0.2, 0.25) is 0 Å². The highest BCUT2D eigenvalue weighted by Crippen LogP contribution is 2.24. The molecule has 0 aliphatic heterocycles. The van der Waals surface area contributed by atoms with E-state index in [0.29, 0.717) is 5.56 Å². The van der Waals surface area contributed by atoms with E-state index in [-0.39, 0.29) is 5.75 Å². The molecule has 0 saturated carbocycles. The lowest BCUT2D eigenvalue weighted by Crippen LogP contribution is -2.17. The molecule has 80 valence electrons. The molecule has 0 fully saturated rings. The van der Waals surface area contributed by atoms with Crippen LogP contribution in [0.15, 0.2) is 18.5 Å². The molecule has 0 N–H and O–H groups in total. The van der Waals surface area contributed by atoms with E-state index in [9.17, 15) is 13.2 Å². The molecule has 1 heterocycles. The number of aromatic nitrogens is 1. The lowest BCUT2D eigenvalue weighted by Gasteiger charge is -2.09. The van der Waals surface area contributed by atoms with E-state index in [0.717, 1.165) is 0 Å². The number of halogens is 3. The van der Waals surface area contributed by atoms with Gasteiger partial charge in [0.05, 0.1) is 0 Å². The van der Waals surface area contributed by atoms with Gasteiger partial charge in [-0.25, -0.2) is 0 Å². The summed E-state index contributed by atoms with van der Waals surface area (Å²) in [5, 5.41) is 0. The third kappa shape index (κ3) is 4.69. The maximum absolute atomic E-state index is 11.7. The van der Waals surface area contributed by atoms with Gasteiger partial charge in [0.2, 0.25) is 0 Å². The Morgan fingerprint density at radius 3 is 2.29 bits per heavy atom. The van der Waals surface area contributed by atoms with Crippen LogP contribution in [0.1, 0.15) is 19.4 Å². The van der Waals surface area contributed by atoms with Gasteiger partial charge in [-0.05, 0) is 13.0 Å². The predicted octanol–water partition coefficient (Wildman–Crippen LogP) is 3.31. The first-order valence-electron chi connectivity index (χ1n) is 4.15. The largest absolute Gasteiger partial charge is 0.573 e. The standard InChI is InChI=1S/C7H6F3NO.C2H6/c1-5-4-11-3-2-6(5)12-7(8,9)10;1-2/h2-4H,1H3;1-2H3. The van der Waals surface area contributed by atoms with Gasteiger partial charge in [-0.3, -0.25) is 4.98 Å². The second kappa shape index (κ2) is 5.47. The Morgan fingerprint density at radius 1 is 1.29 bits per heavy atom. The van der Waals surface area contributed by atoms with Gasteiger partial charge in [0.25, 0.3) is 0 Å². The smallest absolute Gasteiger partial charge is 0.405 e. The zero-order valence-electron chi connectivity index (χ0n) is 8.22. The maximum atomic E-state index is 11.7. The molecule has 0 spiro atoms. The third-order valence-corrected chi connectivity index (χ3v) is 1.19. The number of ether oxygens (including phenoxy) is 1. The molecule has 0 bridgehead atoms. The summed E-state index contributed by atoms with van der Waals surface area (Å²) in [6, 6.07) is 1.17. The minimum atomic E-state index is -4.63. The first-order valence-corrected chi connectivity index (χ1v) is 4.15. The van der Waals surface area contributed by atoms with Gasteiger partial charge < -0.3 is 4.74 Å². The van der Waals surface area contributed by atoms with Gasteiger partial charge in [-0.1, -0.05) is 13.8 Å². The van der Waals surface area contributed by atoms with Crippen molar-refractivity contribution in [2.24, 2.45) is 0 Å². The van der Waals surface area contributed by atoms with Crippen LogP contribution in [0.3, 0.4) is 0 Å². The lowest BCUT2D eigenvalue weighted by molar-refractivity contribution is -0.274. The van der Waals surface area contributed by atoms with Gasteiger partial charge in [0.1, 0.15) is 5.75 Å².